The minimum absolute atomic E-state index is 0.272. The minimum atomic E-state index is -0.521. The number of aromatic nitrogens is 1. The van der Waals surface area contributed by atoms with E-state index in [-0.39, 0.29) is 6.61 Å². The molecule has 0 saturated carbocycles. The van der Waals surface area contributed by atoms with Gasteiger partial charge in [0.2, 0.25) is 5.91 Å². The molecule has 1 aromatic carbocycles. The van der Waals surface area contributed by atoms with Gasteiger partial charge in [-0.25, -0.2) is 0 Å². The number of primary amides is 1. The molecule has 2 heterocycles. The number of benzene rings is 1. The third kappa shape index (κ3) is 1.80. The Balaban J connectivity index is 1.98. The summed E-state index contributed by atoms with van der Waals surface area (Å²) >= 11 is 0. The highest BCUT2D eigenvalue weighted by atomic mass is 16.5. The second-order valence-corrected chi connectivity index (χ2v) is 4.15. The average molecular weight is 247 g/mol. The van der Waals surface area contributed by atoms with Crippen molar-refractivity contribution in [1.29, 1.82) is 0 Å². The molecule has 1 aliphatic rings. The van der Waals surface area contributed by atoms with Gasteiger partial charge in [-0.05, 0) is 12.1 Å². The third-order valence-corrected chi connectivity index (χ3v) is 2.99. The van der Waals surface area contributed by atoms with E-state index in [1.807, 2.05) is 24.3 Å². The number of rotatable bonds is 2. The molecular formula is C12H13N3O3. The molecule has 3 rings (SSSR count). The smallest absolute Gasteiger partial charge is 0.299 e. The molecule has 1 aromatic heterocycles. The predicted octanol–water partition coefficient (Wildman–Crippen LogP) is 0.518. The van der Waals surface area contributed by atoms with Gasteiger partial charge in [0.15, 0.2) is 5.58 Å². The largest absolute Gasteiger partial charge is 0.423 e. The van der Waals surface area contributed by atoms with E-state index in [4.69, 9.17) is 14.9 Å². The van der Waals surface area contributed by atoms with E-state index < -0.39 is 11.9 Å². The Hall–Kier alpha value is -2.08. The summed E-state index contributed by atoms with van der Waals surface area (Å²) in [5.74, 6) is -0.433. The Morgan fingerprint density at radius 1 is 1.44 bits per heavy atom. The minimum Gasteiger partial charge on any atom is -0.423 e. The lowest BCUT2D eigenvalue weighted by Crippen LogP contribution is -2.52. The number of nitrogens with zero attached hydrogens (tertiary/aromatic N) is 2. The van der Waals surface area contributed by atoms with Gasteiger partial charge in [-0.2, -0.15) is 4.98 Å². The van der Waals surface area contributed by atoms with Crippen molar-refractivity contribution >= 4 is 23.0 Å². The first-order valence-corrected chi connectivity index (χ1v) is 5.75. The van der Waals surface area contributed by atoms with Gasteiger partial charge in [0, 0.05) is 6.54 Å². The summed E-state index contributed by atoms with van der Waals surface area (Å²) < 4.78 is 10.9. The number of carbonyl (C=O) groups excluding carboxylic acids is 1. The monoisotopic (exact) mass is 247 g/mol. The van der Waals surface area contributed by atoms with Crippen molar-refractivity contribution < 1.29 is 13.9 Å². The molecule has 1 aliphatic heterocycles. The lowest BCUT2D eigenvalue weighted by Gasteiger charge is -2.31. The first kappa shape index (κ1) is 11.0. The van der Waals surface area contributed by atoms with Gasteiger partial charge in [-0.15, -0.1) is 0 Å². The van der Waals surface area contributed by atoms with E-state index in [9.17, 15) is 4.79 Å². The molecule has 2 aromatic rings. The number of carbonyl (C=O) groups is 1. The average Bonchev–Trinajstić information content (AvgIpc) is 2.82. The number of nitrogens with two attached hydrogens (primary N) is 1. The number of anilines is 1. The van der Waals surface area contributed by atoms with Gasteiger partial charge in [-0.1, -0.05) is 12.1 Å². The van der Waals surface area contributed by atoms with Gasteiger partial charge in [0.25, 0.3) is 6.01 Å². The van der Waals surface area contributed by atoms with E-state index in [0.717, 1.165) is 5.52 Å². The molecule has 0 radical (unpaired) electrons. The molecule has 0 aliphatic carbocycles. The standard InChI is InChI=1S/C12H13N3O3/c13-11(16)9-7-17-6-5-15(9)12-14-8-3-1-2-4-10(8)18-12/h1-4,9H,5-7H2,(H2,13,16)/t9-/m0/s1. The lowest BCUT2D eigenvalue weighted by atomic mass is 10.2. The molecule has 6 nitrogen and oxygen atoms in total. The summed E-state index contributed by atoms with van der Waals surface area (Å²) in [5.41, 5.74) is 6.82. The number of para-hydroxylation sites is 2. The fourth-order valence-electron chi connectivity index (χ4n) is 2.05. The number of fused-ring (bicyclic) bond motifs is 1. The van der Waals surface area contributed by atoms with Crippen LogP contribution in [0.2, 0.25) is 0 Å². The van der Waals surface area contributed by atoms with Crippen LogP contribution in [0.15, 0.2) is 28.7 Å². The summed E-state index contributed by atoms with van der Waals surface area (Å²) in [4.78, 5) is 17.5. The fraction of sp³-hybridized carbons (Fsp3) is 0.333. The molecule has 0 unspecified atom stereocenters. The Morgan fingerprint density at radius 3 is 3.06 bits per heavy atom. The van der Waals surface area contributed by atoms with Crippen molar-refractivity contribution in [3.63, 3.8) is 0 Å². The van der Waals surface area contributed by atoms with E-state index in [1.54, 1.807) is 4.90 Å². The number of oxazole rings is 1. The van der Waals surface area contributed by atoms with E-state index in [2.05, 4.69) is 4.98 Å². The van der Waals surface area contributed by atoms with Gasteiger partial charge >= 0.3 is 0 Å². The van der Waals surface area contributed by atoms with Crippen molar-refractivity contribution in [2.24, 2.45) is 5.73 Å². The quantitative estimate of drug-likeness (QED) is 0.836. The van der Waals surface area contributed by atoms with E-state index >= 15 is 0 Å². The normalized spacial score (nSPS) is 20.2. The van der Waals surface area contributed by atoms with Crippen LogP contribution < -0.4 is 10.6 Å². The van der Waals surface area contributed by atoms with Crippen LogP contribution in [0, 0.1) is 0 Å². The van der Waals surface area contributed by atoms with Crippen LogP contribution in [0.25, 0.3) is 11.1 Å². The topological polar surface area (TPSA) is 81.6 Å². The molecule has 1 saturated heterocycles. The maximum Gasteiger partial charge on any atom is 0.299 e. The van der Waals surface area contributed by atoms with Crippen LogP contribution in [0.5, 0.6) is 0 Å². The Labute approximate surface area is 103 Å². The summed E-state index contributed by atoms with van der Waals surface area (Å²) in [6.07, 6.45) is 0. The van der Waals surface area contributed by atoms with Crippen LogP contribution >= 0.6 is 0 Å². The highest BCUT2D eigenvalue weighted by Crippen LogP contribution is 2.24. The zero-order valence-corrected chi connectivity index (χ0v) is 9.70. The van der Waals surface area contributed by atoms with Crippen molar-refractivity contribution in [1.82, 2.24) is 4.98 Å². The maximum atomic E-state index is 11.4. The zero-order valence-electron chi connectivity index (χ0n) is 9.70. The van der Waals surface area contributed by atoms with E-state index in [0.29, 0.717) is 24.7 Å². The maximum absolute atomic E-state index is 11.4. The summed E-state index contributed by atoms with van der Waals surface area (Å²) in [5, 5.41) is 0. The first-order valence-electron chi connectivity index (χ1n) is 5.75. The van der Waals surface area contributed by atoms with Gasteiger partial charge < -0.3 is 19.8 Å². The highest BCUT2D eigenvalue weighted by molar-refractivity contribution is 5.84. The molecule has 2 N–H and O–H groups in total. The third-order valence-electron chi connectivity index (χ3n) is 2.99. The summed E-state index contributed by atoms with van der Waals surface area (Å²) in [7, 11) is 0. The Bertz CT molecular complexity index is 548. The van der Waals surface area contributed by atoms with Gasteiger partial charge in [-0.3, -0.25) is 4.79 Å². The molecule has 1 amide bonds. The van der Waals surface area contributed by atoms with Crippen LogP contribution in [0.3, 0.4) is 0 Å². The molecule has 94 valence electrons. The Morgan fingerprint density at radius 2 is 2.28 bits per heavy atom. The number of ether oxygens (including phenoxy) is 1. The number of amides is 1. The second kappa shape index (κ2) is 4.30. The van der Waals surface area contributed by atoms with Gasteiger partial charge in [0.1, 0.15) is 11.6 Å². The van der Waals surface area contributed by atoms with Crippen molar-refractivity contribution in [2.75, 3.05) is 24.7 Å². The molecule has 1 fully saturated rings. The second-order valence-electron chi connectivity index (χ2n) is 4.15. The molecule has 6 heteroatoms. The number of hydrogen-bond acceptors (Lipinski definition) is 5. The van der Waals surface area contributed by atoms with Crippen molar-refractivity contribution in [3.05, 3.63) is 24.3 Å². The molecule has 0 bridgehead atoms. The summed E-state index contributed by atoms with van der Waals surface area (Å²) in [6.45, 7) is 1.34. The first-order chi connectivity index (χ1) is 8.75. The molecule has 18 heavy (non-hydrogen) atoms. The number of morpholine rings is 1. The lowest BCUT2D eigenvalue weighted by molar-refractivity contribution is -0.121. The van der Waals surface area contributed by atoms with Crippen LogP contribution in [0.4, 0.5) is 6.01 Å². The van der Waals surface area contributed by atoms with Crippen LogP contribution in [-0.2, 0) is 9.53 Å². The fourth-order valence-corrected chi connectivity index (χ4v) is 2.05. The SMILES string of the molecule is NC(=O)[C@@H]1COCCN1c1nc2ccccc2o1. The van der Waals surface area contributed by atoms with E-state index in [1.165, 1.54) is 0 Å². The molecule has 0 spiro atoms. The summed E-state index contributed by atoms with van der Waals surface area (Å²) in [6, 6.07) is 7.37. The molecule has 1 atom stereocenters. The van der Waals surface area contributed by atoms with Crippen molar-refractivity contribution in [3.8, 4) is 0 Å². The van der Waals surface area contributed by atoms with Gasteiger partial charge in [0.05, 0.1) is 13.2 Å². The van der Waals surface area contributed by atoms with Crippen molar-refractivity contribution in [2.45, 2.75) is 6.04 Å². The number of hydrogen-bond donors (Lipinski definition) is 1. The predicted molar refractivity (Wildman–Crippen MR) is 65.2 cm³/mol. The van der Waals surface area contributed by atoms with Crippen LogP contribution in [-0.4, -0.2) is 36.7 Å². The highest BCUT2D eigenvalue weighted by Gasteiger charge is 2.30. The zero-order chi connectivity index (χ0) is 12.5. The Kier molecular flexibility index (Phi) is 2.64. The van der Waals surface area contributed by atoms with Crippen LogP contribution in [0.1, 0.15) is 0 Å². The molecular weight excluding hydrogens is 234 g/mol.